The summed E-state index contributed by atoms with van der Waals surface area (Å²) in [5.41, 5.74) is -0.493. The second-order valence-corrected chi connectivity index (χ2v) is 8.11. The van der Waals surface area contributed by atoms with Crippen LogP contribution in [0.1, 0.15) is 45.3 Å². The minimum absolute atomic E-state index is 0.438. The molecule has 0 spiro atoms. The summed E-state index contributed by atoms with van der Waals surface area (Å²) in [6, 6.07) is 7.55. The zero-order valence-electron chi connectivity index (χ0n) is 14.8. The first kappa shape index (κ1) is 19.7. The number of carbonyl (C=O) groups is 2. The molecule has 1 aromatic carbocycles. The highest BCUT2D eigenvalue weighted by Gasteiger charge is 2.44. The monoisotopic (exact) mass is 412 g/mol. The number of hydrogen-bond acceptors (Lipinski definition) is 5. The molecule has 138 valence electrons. The van der Waals surface area contributed by atoms with Crippen molar-refractivity contribution in [1.29, 1.82) is 0 Å². The van der Waals surface area contributed by atoms with E-state index in [1.807, 2.05) is 45.0 Å². The van der Waals surface area contributed by atoms with Crippen LogP contribution in [0.15, 0.2) is 28.7 Å². The zero-order chi connectivity index (χ0) is 18.5. The minimum Gasteiger partial charge on any atom is -0.457 e. The summed E-state index contributed by atoms with van der Waals surface area (Å²) in [5.74, 6) is 0. The second kappa shape index (κ2) is 8.19. The minimum atomic E-state index is -0.720. The van der Waals surface area contributed by atoms with E-state index in [2.05, 4.69) is 26.6 Å². The van der Waals surface area contributed by atoms with Gasteiger partial charge in [-0.1, -0.05) is 28.1 Å². The number of hydrogen-bond donors (Lipinski definition) is 2. The first-order valence-electron chi connectivity index (χ1n) is 8.32. The number of nitrogens with one attached hydrogen (secondary N) is 2. The van der Waals surface area contributed by atoms with E-state index in [4.69, 9.17) is 9.47 Å². The SMILES string of the molecule is CC(C)(C)OC(=O)NC1(C(OC=O)c2ccc(Br)cc2)CCNCC1. The first-order valence-corrected chi connectivity index (χ1v) is 9.11. The predicted molar refractivity (Wildman–Crippen MR) is 98.2 cm³/mol. The number of amides is 1. The Morgan fingerprint density at radius 1 is 1.28 bits per heavy atom. The van der Waals surface area contributed by atoms with Gasteiger partial charge >= 0.3 is 6.09 Å². The molecule has 0 aromatic heterocycles. The van der Waals surface area contributed by atoms with Crippen LogP contribution in [0.4, 0.5) is 4.79 Å². The highest BCUT2D eigenvalue weighted by atomic mass is 79.9. The van der Waals surface area contributed by atoms with Gasteiger partial charge in [-0.25, -0.2) is 4.79 Å². The van der Waals surface area contributed by atoms with Crippen molar-refractivity contribution >= 4 is 28.5 Å². The molecule has 6 nitrogen and oxygen atoms in total. The summed E-state index contributed by atoms with van der Waals surface area (Å²) < 4.78 is 11.8. The van der Waals surface area contributed by atoms with Gasteiger partial charge in [0, 0.05) is 4.47 Å². The van der Waals surface area contributed by atoms with Crippen LogP contribution in [-0.2, 0) is 14.3 Å². The maximum Gasteiger partial charge on any atom is 0.408 e. The molecule has 1 fully saturated rings. The summed E-state index contributed by atoms with van der Waals surface area (Å²) in [6.07, 6.45) is 0.153. The van der Waals surface area contributed by atoms with Crippen LogP contribution in [0.5, 0.6) is 0 Å². The molecule has 1 aliphatic heterocycles. The van der Waals surface area contributed by atoms with Crippen LogP contribution < -0.4 is 10.6 Å². The van der Waals surface area contributed by atoms with E-state index in [0.717, 1.165) is 10.0 Å². The van der Waals surface area contributed by atoms with E-state index in [9.17, 15) is 9.59 Å². The Morgan fingerprint density at radius 2 is 1.88 bits per heavy atom. The van der Waals surface area contributed by atoms with Crippen molar-refractivity contribution in [2.75, 3.05) is 13.1 Å². The third kappa shape index (κ3) is 5.44. The van der Waals surface area contributed by atoms with Crippen LogP contribution in [0.25, 0.3) is 0 Å². The number of alkyl carbamates (subject to hydrolysis) is 1. The fourth-order valence-electron chi connectivity index (χ4n) is 3.05. The molecular formula is C18H25BrN2O4. The number of rotatable bonds is 5. The van der Waals surface area contributed by atoms with Crippen molar-refractivity contribution < 1.29 is 19.1 Å². The van der Waals surface area contributed by atoms with Gasteiger partial charge in [0.1, 0.15) is 11.7 Å². The zero-order valence-corrected chi connectivity index (χ0v) is 16.4. The molecule has 1 aromatic rings. The Hall–Kier alpha value is -1.60. The van der Waals surface area contributed by atoms with E-state index in [-0.39, 0.29) is 0 Å². The standard InChI is InChI=1S/C18H25BrN2O4/c1-17(2,3)25-16(23)21-18(8-10-20-11-9-18)15(24-12-22)13-4-6-14(19)7-5-13/h4-7,12,15,20H,8-11H2,1-3H3,(H,21,23). The quantitative estimate of drug-likeness (QED) is 0.725. The fourth-order valence-corrected chi connectivity index (χ4v) is 3.32. The summed E-state index contributed by atoms with van der Waals surface area (Å²) in [7, 11) is 0. The maximum absolute atomic E-state index is 12.4. The summed E-state index contributed by atoms with van der Waals surface area (Å²) >= 11 is 3.41. The van der Waals surface area contributed by atoms with Gasteiger partial charge in [0.25, 0.3) is 6.47 Å². The highest BCUT2D eigenvalue weighted by Crippen LogP contribution is 2.36. The van der Waals surface area contributed by atoms with Crippen molar-refractivity contribution in [3.63, 3.8) is 0 Å². The molecule has 1 amide bonds. The molecule has 1 aliphatic rings. The topological polar surface area (TPSA) is 76.7 Å². The molecule has 1 atom stereocenters. The summed E-state index contributed by atoms with van der Waals surface area (Å²) in [5, 5.41) is 6.27. The van der Waals surface area contributed by atoms with Crippen LogP contribution in [0.2, 0.25) is 0 Å². The van der Waals surface area contributed by atoms with Crippen molar-refractivity contribution in [3.05, 3.63) is 34.3 Å². The Kier molecular flexibility index (Phi) is 6.46. The molecule has 0 aliphatic carbocycles. The Bertz CT molecular complexity index is 592. The number of benzene rings is 1. The van der Waals surface area contributed by atoms with Crippen LogP contribution in [-0.4, -0.2) is 36.8 Å². The third-order valence-corrected chi connectivity index (χ3v) is 4.64. The van der Waals surface area contributed by atoms with E-state index >= 15 is 0 Å². The van der Waals surface area contributed by atoms with Crippen molar-refractivity contribution in [2.45, 2.75) is 50.9 Å². The van der Waals surface area contributed by atoms with Gasteiger partial charge in [-0.2, -0.15) is 0 Å². The normalized spacial score (nSPS) is 18.1. The molecule has 7 heteroatoms. The molecule has 1 heterocycles. The van der Waals surface area contributed by atoms with E-state index < -0.39 is 23.3 Å². The lowest BCUT2D eigenvalue weighted by Crippen LogP contribution is -2.59. The number of carbonyl (C=O) groups excluding carboxylic acids is 2. The van der Waals surface area contributed by atoms with Gasteiger partial charge in [0.2, 0.25) is 0 Å². The van der Waals surface area contributed by atoms with Crippen LogP contribution >= 0.6 is 15.9 Å². The highest BCUT2D eigenvalue weighted by molar-refractivity contribution is 9.10. The lowest BCUT2D eigenvalue weighted by atomic mass is 9.79. The Labute approximate surface area is 156 Å². The molecule has 25 heavy (non-hydrogen) atoms. The number of piperidine rings is 1. The Balaban J connectivity index is 2.32. The molecular weight excluding hydrogens is 388 g/mol. The molecule has 2 rings (SSSR count). The average molecular weight is 413 g/mol. The largest absolute Gasteiger partial charge is 0.457 e. The maximum atomic E-state index is 12.4. The van der Waals surface area contributed by atoms with E-state index in [0.29, 0.717) is 32.4 Å². The van der Waals surface area contributed by atoms with Gasteiger partial charge in [0.15, 0.2) is 0 Å². The summed E-state index contributed by atoms with van der Waals surface area (Å²) in [4.78, 5) is 23.6. The number of halogens is 1. The molecule has 2 N–H and O–H groups in total. The van der Waals surface area contributed by atoms with Crippen LogP contribution in [0, 0.1) is 0 Å². The lowest BCUT2D eigenvalue weighted by molar-refractivity contribution is -0.139. The smallest absolute Gasteiger partial charge is 0.408 e. The predicted octanol–water partition coefficient (Wildman–Crippen LogP) is 3.31. The van der Waals surface area contributed by atoms with E-state index in [1.165, 1.54) is 0 Å². The van der Waals surface area contributed by atoms with Crippen molar-refractivity contribution in [1.82, 2.24) is 10.6 Å². The van der Waals surface area contributed by atoms with Crippen molar-refractivity contribution in [3.8, 4) is 0 Å². The average Bonchev–Trinajstić information content (AvgIpc) is 2.52. The van der Waals surface area contributed by atoms with Gasteiger partial charge in [-0.15, -0.1) is 0 Å². The Morgan fingerprint density at radius 3 is 2.40 bits per heavy atom. The molecule has 1 saturated heterocycles. The molecule has 0 radical (unpaired) electrons. The van der Waals surface area contributed by atoms with E-state index in [1.54, 1.807) is 0 Å². The van der Waals surface area contributed by atoms with Gasteiger partial charge < -0.3 is 20.1 Å². The van der Waals surface area contributed by atoms with Gasteiger partial charge in [-0.3, -0.25) is 4.79 Å². The third-order valence-electron chi connectivity index (χ3n) is 4.11. The van der Waals surface area contributed by atoms with Crippen LogP contribution in [0.3, 0.4) is 0 Å². The fraction of sp³-hybridized carbons (Fsp3) is 0.556. The molecule has 1 unspecified atom stereocenters. The number of ether oxygens (including phenoxy) is 2. The van der Waals surface area contributed by atoms with Crippen molar-refractivity contribution in [2.24, 2.45) is 0 Å². The molecule has 0 saturated carbocycles. The first-order chi connectivity index (χ1) is 11.8. The van der Waals surface area contributed by atoms with Gasteiger partial charge in [0.05, 0.1) is 5.54 Å². The lowest BCUT2D eigenvalue weighted by Gasteiger charge is -2.43. The molecule has 0 bridgehead atoms. The van der Waals surface area contributed by atoms with Gasteiger partial charge in [-0.05, 0) is 64.4 Å². The summed E-state index contributed by atoms with van der Waals surface area (Å²) in [6.45, 7) is 7.31. The second-order valence-electron chi connectivity index (χ2n) is 7.20.